The third kappa shape index (κ3) is 2.69. The van der Waals surface area contributed by atoms with Gasteiger partial charge in [-0.3, -0.25) is 4.79 Å². The number of hydrogen-bond acceptors (Lipinski definition) is 4. The Labute approximate surface area is 123 Å². The Morgan fingerprint density at radius 1 is 1.38 bits per heavy atom. The van der Waals surface area contributed by atoms with Gasteiger partial charge in [-0.05, 0) is 12.3 Å². The van der Waals surface area contributed by atoms with Gasteiger partial charge in [0.25, 0.3) is 5.91 Å². The summed E-state index contributed by atoms with van der Waals surface area (Å²) in [5.74, 6) is 0.569. The Hall–Kier alpha value is -2.14. The molecular formula is C16H18N2O3. The van der Waals surface area contributed by atoms with Gasteiger partial charge in [0.1, 0.15) is 5.56 Å². The Kier molecular flexibility index (Phi) is 3.75. The molecule has 2 unspecified atom stereocenters. The molecule has 0 radical (unpaired) electrons. The number of aromatic nitrogens is 1. The summed E-state index contributed by atoms with van der Waals surface area (Å²) in [7, 11) is 0. The minimum Gasteiger partial charge on any atom is -0.391 e. The highest BCUT2D eigenvalue weighted by molar-refractivity contribution is 5.99. The van der Waals surface area contributed by atoms with E-state index in [-0.39, 0.29) is 11.8 Å². The third-order valence-electron chi connectivity index (χ3n) is 4.04. The molecule has 1 N–H and O–H groups in total. The predicted molar refractivity (Wildman–Crippen MR) is 77.6 cm³/mol. The summed E-state index contributed by atoms with van der Waals surface area (Å²) in [6, 6.07) is 9.44. The fraction of sp³-hybridized carbons (Fsp3) is 0.375. The molecular weight excluding hydrogens is 268 g/mol. The minimum atomic E-state index is -0.470. The van der Waals surface area contributed by atoms with Crippen LogP contribution in [0.1, 0.15) is 23.7 Å². The van der Waals surface area contributed by atoms with Gasteiger partial charge in [0.05, 0.1) is 12.3 Å². The molecule has 5 heteroatoms. The summed E-state index contributed by atoms with van der Waals surface area (Å²) in [6.07, 6.45) is 1.79. The van der Waals surface area contributed by atoms with Gasteiger partial charge >= 0.3 is 0 Å². The SMILES string of the molecule is CC1CCN(C(=O)c2cnoc2-c2ccccc2)CC1O. The molecule has 1 fully saturated rings. The lowest BCUT2D eigenvalue weighted by atomic mass is 9.95. The molecule has 2 heterocycles. The maximum Gasteiger partial charge on any atom is 0.259 e. The normalized spacial score (nSPS) is 22.3. The average molecular weight is 286 g/mol. The Morgan fingerprint density at radius 3 is 2.86 bits per heavy atom. The molecule has 0 spiro atoms. The van der Waals surface area contributed by atoms with E-state index in [4.69, 9.17) is 4.52 Å². The maximum absolute atomic E-state index is 12.6. The van der Waals surface area contributed by atoms with Crippen LogP contribution in [0.15, 0.2) is 41.1 Å². The van der Waals surface area contributed by atoms with Crippen molar-refractivity contribution in [3.05, 3.63) is 42.1 Å². The molecule has 2 atom stereocenters. The van der Waals surface area contributed by atoms with Crippen LogP contribution in [-0.2, 0) is 0 Å². The number of aliphatic hydroxyl groups is 1. The van der Waals surface area contributed by atoms with Gasteiger partial charge in [0.15, 0.2) is 5.76 Å². The van der Waals surface area contributed by atoms with Crippen molar-refractivity contribution in [1.82, 2.24) is 10.1 Å². The van der Waals surface area contributed by atoms with Crippen LogP contribution in [0.5, 0.6) is 0 Å². The van der Waals surface area contributed by atoms with Crippen molar-refractivity contribution in [2.75, 3.05) is 13.1 Å². The van der Waals surface area contributed by atoms with Crippen molar-refractivity contribution in [2.45, 2.75) is 19.4 Å². The minimum absolute atomic E-state index is 0.138. The number of hydrogen-bond donors (Lipinski definition) is 1. The first-order valence-electron chi connectivity index (χ1n) is 7.14. The Bertz CT molecular complexity index is 623. The van der Waals surface area contributed by atoms with Gasteiger partial charge in [-0.25, -0.2) is 0 Å². The van der Waals surface area contributed by atoms with Crippen molar-refractivity contribution < 1.29 is 14.4 Å². The molecule has 1 aromatic heterocycles. The van der Waals surface area contributed by atoms with Crippen LogP contribution in [-0.4, -0.2) is 40.3 Å². The maximum atomic E-state index is 12.6. The van der Waals surface area contributed by atoms with Crippen molar-refractivity contribution >= 4 is 5.91 Å². The van der Waals surface area contributed by atoms with E-state index in [0.29, 0.717) is 24.4 Å². The number of carbonyl (C=O) groups excluding carboxylic acids is 1. The molecule has 0 aliphatic carbocycles. The number of rotatable bonds is 2. The monoisotopic (exact) mass is 286 g/mol. The Balaban J connectivity index is 1.85. The van der Waals surface area contributed by atoms with Crippen LogP contribution >= 0.6 is 0 Å². The van der Waals surface area contributed by atoms with Crippen LogP contribution < -0.4 is 0 Å². The van der Waals surface area contributed by atoms with Gasteiger partial charge in [-0.1, -0.05) is 42.4 Å². The first kappa shape index (κ1) is 13.8. The lowest BCUT2D eigenvalue weighted by Crippen LogP contribution is -2.45. The highest BCUT2D eigenvalue weighted by atomic mass is 16.5. The first-order chi connectivity index (χ1) is 10.2. The van der Waals surface area contributed by atoms with Crippen molar-refractivity contribution in [3.8, 4) is 11.3 Å². The molecule has 3 rings (SSSR count). The number of nitrogens with zero attached hydrogens (tertiary/aromatic N) is 2. The van der Waals surface area contributed by atoms with E-state index in [1.807, 2.05) is 37.3 Å². The largest absolute Gasteiger partial charge is 0.391 e. The molecule has 1 aliphatic heterocycles. The van der Waals surface area contributed by atoms with E-state index in [0.717, 1.165) is 12.0 Å². The molecule has 0 bridgehead atoms. The smallest absolute Gasteiger partial charge is 0.259 e. The van der Waals surface area contributed by atoms with E-state index in [9.17, 15) is 9.90 Å². The van der Waals surface area contributed by atoms with Crippen molar-refractivity contribution in [2.24, 2.45) is 5.92 Å². The summed E-state index contributed by atoms with van der Waals surface area (Å²) in [4.78, 5) is 14.3. The first-order valence-corrected chi connectivity index (χ1v) is 7.14. The second-order valence-corrected chi connectivity index (χ2v) is 5.52. The number of β-amino-alcohol motifs (C(OH)–C–C–N with tert-alkyl or cyclic N) is 1. The number of piperidine rings is 1. The quantitative estimate of drug-likeness (QED) is 0.919. The zero-order valence-electron chi connectivity index (χ0n) is 11.9. The van der Waals surface area contributed by atoms with Crippen molar-refractivity contribution in [1.29, 1.82) is 0 Å². The van der Waals surface area contributed by atoms with Gasteiger partial charge in [0.2, 0.25) is 0 Å². The average Bonchev–Trinajstić information content (AvgIpc) is 2.99. The van der Waals surface area contributed by atoms with E-state index in [1.165, 1.54) is 6.20 Å². The van der Waals surface area contributed by atoms with Gasteiger partial charge in [0, 0.05) is 18.7 Å². The lowest BCUT2D eigenvalue weighted by Gasteiger charge is -2.34. The van der Waals surface area contributed by atoms with Gasteiger partial charge in [-0.15, -0.1) is 0 Å². The second-order valence-electron chi connectivity index (χ2n) is 5.52. The van der Waals surface area contributed by atoms with Crippen LogP contribution in [0.2, 0.25) is 0 Å². The summed E-state index contributed by atoms with van der Waals surface area (Å²) >= 11 is 0. The molecule has 1 amide bonds. The standard InChI is InChI=1S/C16H18N2O3/c1-11-7-8-18(10-14(11)19)16(20)13-9-17-21-15(13)12-5-3-2-4-6-12/h2-6,9,11,14,19H,7-8,10H2,1H3. The topological polar surface area (TPSA) is 66.6 Å². The number of carbonyl (C=O) groups is 1. The zero-order chi connectivity index (χ0) is 14.8. The molecule has 110 valence electrons. The number of aliphatic hydroxyl groups excluding tert-OH is 1. The number of amides is 1. The number of benzene rings is 1. The lowest BCUT2D eigenvalue weighted by molar-refractivity contribution is 0.0249. The van der Waals surface area contributed by atoms with Crippen molar-refractivity contribution in [3.63, 3.8) is 0 Å². The fourth-order valence-corrected chi connectivity index (χ4v) is 2.59. The molecule has 5 nitrogen and oxygen atoms in total. The van der Waals surface area contributed by atoms with Gasteiger partial charge < -0.3 is 14.5 Å². The second kappa shape index (κ2) is 5.69. The predicted octanol–water partition coefficient (Wildman–Crippen LogP) is 2.18. The van der Waals surface area contributed by atoms with E-state index < -0.39 is 6.10 Å². The van der Waals surface area contributed by atoms with Crippen LogP contribution in [0.4, 0.5) is 0 Å². The molecule has 1 aromatic carbocycles. The highest BCUT2D eigenvalue weighted by Crippen LogP contribution is 2.26. The summed E-state index contributed by atoms with van der Waals surface area (Å²) in [5.41, 5.74) is 1.27. The van der Waals surface area contributed by atoms with Crippen LogP contribution in [0.3, 0.4) is 0 Å². The summed E-state index contributed by atoms with van der Waals surface area (Å²) in [5, 5.41) is 13.7. The van der Waals surface area contributed by atoms with E-state index in [2.05, 4.69) is 5.16 Å². The molecule has 2 aromatic rings. The summed E-state index contributed by atoms with van der Waals surface area (Å²) in [6.45, 7) is 3.01. The Morgan fingerprint density at radius 2 is 2.14 bits per heavy atom. The van der Waals surface area contributed by atoms with Crippen LogP contribution in [0, 0.1) is 5.92 Å². The summed E-state index contributed by atoms with van der Waals surface area (Å²) < 4.78 is 5.25. The third-order valence-corrected chi connectivity index (χ3v) is 4.04. The van der Waals surface area contributed by atoms with E-state index >= 15 is 0 Å². The molecule has 0 saturated carbocycles. The van der Waals surface area contributed by atoms with Gasteiger partial charge in [-0.2, -0.15) is 0 Å². The fourth-order valence-electron chi connectivity index (χ4n) is 2.59. The van der Waals surface area contributed by atoms with Crippen LogP contribution in [0.25, 0.3) is 11.3 Å². The highest BCUT2D eigenvalue weighted by Gasteiger charge is 2.30. The molecule has 1 aliphatic rings. The van der Waals surface area contributed by atoms with E-state index in [1.54, 1.807) is 4.90 Å². The zero-order valence-corrected chi connectivity index (χ0v) is 11.9. The molecule has 21 heavy (non-hydrogen) atoms. The molecule has 1 saturated heterocycles. The number of likely N-dealkylation sites (tertiary alicyclic amines) is 1.